The molecule has 1 aliphatic rings. The van der Waals surface area contributed by atoms with Crippen molar-refractivity contribution >= 4 is 6.29 Å². The van der Waals surface area contributed by atoms with Crippen LogP contribution in [0.3, 0.4) is 0 Å². The Bertz CT molecular complexity index is 296. The second kappa shape index (κ2) is 2.34. The van der Waals surface area contributed by atoms with Crippen molar-refractivity contribution in [3.05, 3.63) is 23.5 Å². The predicted octanol–water partition coefficient (Wildman–Crippen LogP) is 0.829. The Labute approximate surface area is 64.0 Å². The highest BCUT2D eigenvalue weighted by molar-refractivity contribution is 5.79. The first-order valence-electron chi connectivity index (χ1n) is 3.47. The zero-order chi connectivity index (χ0) is 7.68. The average Bonchev–Trinajstić information content (AvgIpc) is 2.50. The molecule has 0 atom stereocenters. The van der Waals surface area contributed by atoms with E-state index in [0.717, 1.165) is 18.4 Å². The van der Waals surface area contributed by atoms with Gasteiger partial charge in [0.2, 0.25) is 0 Å². The topological polar surface area (TPSA) is 39.2 Å². The third kappa shape index (κ3) is 0.888. The van der Waals surface area contributed by atoms with Crippen molar-refractivity contribution < 1.29 is 9.53 Å². The largest absolute Gasteiger partial charge is 0.491 e. The number of aromatic nitrogens is 1. The van der Waals surface area contributed by atoms with Crippen LogP contribution in [0.2, 0.25) is 0 Å². The second-order valence-electron chi connectivity index (χ2n) is 2.39. The molecular weight excluding hydrogens is 142 g/mol. The van der Waals surface area contributed by atoms with Gasteiger partial charge >= 0.3 is 0 Å². The van der Waals surface area contributed by atoms with E-state index in [1.807, 2.05) is 0 Å². The van der Waals surface area contributed by atoms with Crippen molar-refractivity contribution in [3.63, 3.8) is 0 Å². The first-order valence-corrected chi connectivity index (χ1v) is 3.47. The fourth-order valence-electron chi connectivity index (χ4n) is 1.20. The highest BCUT2D eigenvalue weighted by Gasteiger charge is 2.16. The number of nitrogens with zero attached hydrogens (tertiary/aromatic N) is 1. The number of hydrogen-bond donors (Lipinski definition) is 0. The number of rotatable bonds is 1. The summed E-state index contributed by atoms with van der Waals surface area (Å²) in [6, 6.07) is 1.66. The van der Waals surface area contributed by atoms with E-state index in [0.29, 0.717) is 17.9 Å². The van der Waals surface area contributed by atoms with Crippen LogP contribution in [0.1, 0.15) is 16.1 Å². The van der Waals surface area contributed by atoms with Crippen molar-refractivity contribution in [3.8, 4) is 5.75 Å². The molecule has 56 valence electrons. The van der Waals surface area contributed by atoms with Crippen molar-refractivity contribution in [2.24, 2.45) is 0 Å². The van der Waals surface area contributed by atoms with Crippen LogP contribution in [0.4, 0.5) is 0 Å². The standard InChI is InChI=1S/C8H7NO2/c10-5-6-1-3-9-7-2-4-11-8(6)7/h1,3,5H,2,4H2. The highest BCUT2D eigenvalue weighted by Crippen LogP contribution is 2.25. The molecule has 0 amide bonds. The third-order valence-electron chi connectivity index (χ3n) is 1.72. The van der Waals surface area contributed by atoms with Crippen molar-refractivity contribution in [1.82, 2.24) is 4.98 Å². The lowest BCUT2D eigenvalue weighted by Gasteiger charge is -1.98. The fraction of sp³-hybridized carbons (Fsp3) is 0.250. The van der Waals surface area contributed by atoms with E-state index in [2.05, 4.69) is 4.98 Å². The molecule has 11 heavy (non-hydrogen) atoms. The molecule has 0 saturated heterocycles. The number of carbonyl (C=O) groups is 1. The van der Waals surface area contributed by atoms with Gasteiger partial charge in [0.15, 0.2) is 12.0 Å². The van der Waals surface area contributed by atoms with Crippen LogP contribution in [-0.4, -0.2) is 17.9 Å². The van der Waals surface area contributed by atoms with Crippen LogP contribution in [0, 0.1) is 0 Å². The second-order valence-corrected chi connectivity index (χ2v) is 2.39. The van der Waals surface area contributed by atoms with E-state index in [1.165, 1.54) is 0 Å². The lowest BCUT2D eigenvalue weighted by Crippen LogP contribution is -1.90. The van der Waals surface area contributed by atoms with Gasteiger partial charge in [0.05, 0.1) is 17.9 Å². The van der Waals surface area contributed by atoms with E-state index >= 15 is 0 Å². The highest BCUT2D eigenvalue weighted by atomic mass is 16.5. The van der Waals surface area contributed by atoms with Gasteiger partial charge in [-0.25, -0.2) is 0 Å². The monoisotopic (exact) mass is 149 g/mol. The molecule has 0 radical (unpaired) electrons. The van der Waals surface area contributed by atoms with E-state index < -0.39 is 0 Å². The Morgan fingerprint density at radius 2 is 2.55 bits per heavy atom. The van der Waals surface area contributed by atoms with Crippen LogP contribution in [-0.2, 0) is 6.42 Å². The third-order valence-corrected chi connectivity index (χ3v) is 1.72. The van der Waals surface area contributed by atoms with E-state index in [1.54, 1.807) is 12.3 Å². The van der Waals surface area contributed by atoms with Gasteiger partial charge in [0, 0.05) is 12.6 Å². The summed E-state index contributed by atoms with van der Waals surface area (Å²) in [6.07, 6.45) is 3.25. The molecule has 0 fully saturated rings. The minimum Gasteiger partial charge on any atom is -0.491 e. The van der Waals surface area contributed by atoms with Gasteiger partial charge in [-0.05, 0) is 6.07 Å². The lowest BCUT2D eigenvalue weighted by atomic mass is 10.2. The quantitative estimate of drug-likeness (QED) is 0.555. The van der Waals surface area contributed by atoms with E-state index in [-0.39, 0.29) is 0 Å². The normalized spacial score (nSPS) is 13.8. The first kappa shape index (κ1) is 6.34. The molecular formula is C8H7NO2. The maximum atomic E-state index is 10.5. The van der Waals surface area contributed by atoms with Gasteiger partial charge in [-0.1, -0.05) is 0 Å². The smallest absolute Gasteiger partial charge is 0.153 e. The fourth-order valence-corrected chi connectivity index (χ4v) is 1.20. The number of hydrogen-bond acceptors (Lipinski definition) is 3. The van der Waals surface area contributed by atoms with Crippen LogP contribution >= 0.6 is 0 Å². The molecule has 0 aromatic carbocycles. The Morgan fingerprint density at radius 3 is 3.36 bits per heavy atom. The van der Waals surface area contributed by atoms with Crippen molar-refractivity contribution in [2.45, 2.75) is 6.42 Å². The molecule has 1 aliphatic heterocycles. The number of aldehydes is 1. The molecule has 0 bridgehead atoms. The summed E-state index contributed by atoms with van der Waals surface area (Å²) >= 11 is 0. The van der Waals surface area contributed by atoms with Crippen LogP contribution in [0.25, 0.3) is 0 Å². The minimum atomic E-state index is 0.604. The zero-order valence-electron chi connectivity index (χ0n) is 5.91. The Kier molecular flexibility index (Phi) is 1.35. The molecule has 0 saturated carbocycles. The summed E-state index contributed by atoms with van der Waals surface area (Å²) in [6.45, 7) is 0.646. The number of fused-ring (bicyclic) bond motifs is 1. The molecule has 2 rings (SSSR count). The molecule has 3 heteroatoms. The van der Waals surface area contributed by atoms with E-state index in [4.69, 9.17) is 4.74 Å². The van der Waals surface area contributed by atoms with Gasteiger partial charge in [0.1, 0.15) is 0 Å². The lowest BCUT2D eigenvalue weighted by molar-refractivity contribution is 0.112. The molecule has 0 N–H and O–H groups in total. The SMILES string of the molecule is O=Cc1ccnc2c1OCC2. The molecule has 0 aliphatic carbocycles. The summed E-state index contributed by atoms with van der Waals surface area (Å²) in [5.74, 6) is 0.669. The Morgan fingerprint density at radius 1 is 1.64 bits per heavy atom. The van der Waals surface area contributed by atoms with Gasteiger partial charge in [0.25, 0.3) is 0 Å². The molecule has 0 spiro atoms. The molecule has 3 nitrogen and oxygen atoms in total. The van der Waals surface area contributed by atoms with Crippen molar-refractivity contribution in [1.29, 1.82) is 0 Å². The van der Waals surface area contributed by atoms with Crippen molar-refractivity contribution in [2.75, 3.05) is 6.61 Å². The van der Waals surface area contributed by atoms with Crippen LogP contribution in [0.15, 0.2) is 12.3 Å². The average molecular weight is 149 g/mol. The maximum absolute atomic E-state index is 10.5. The summed E-state index contributed by atoms with van der Waals surface area (Å²) in [7, 11) is 0. The summed E-state index contributed by atoms with van der Waals surface area (Å²) in [5, 5.41) is 0. The summed E-state index contributed by atoms with van der Waals surface area (Å²) in [4.78, 5) is 14.5. The predicted molar refractivity (Wildman–Crippen MR) is 38.8 cm³/mol. The Hall–Kier alpha value is -1.38. The van der Waals surface area contributed by atoms with Gasteiger partial charge in [-0.2, -0.15) is 0 Å². The van der Waals surface area contributed by atoms with Gasteiger partial charge < -0.3 is 4.74 Å². The van der Waals surface area contributed by atoms with Gasteiger partial charge in [-0.3, -0.25) is 9.78 Å². The minimum absolute atomic E-state index is 0.604. The van der Waals surface area contributed by atoms with E-state index in [9.17, 15) is 4.79 Å². The number of pyridine rings is 1. The van der Waals surface area contributed by atoms with Gasteiger partial charge in [-0.15, -0.1) is 0 Å². The maximum Gasteiger partial charge on any atom is 0.153 e. The molecule has 2 heterocycles. The first-order chi connectivity index (χ1) is 5.42. The number of ether oxygens (including phenoxy) is 1. The summed E-state index contributed by atoms with van der Waals surface area (Å²) in [5.41, 5.74) is 1.50. The molecule has 0 unspecified atom stereocenters. The number of carbonyl (C=O) groups excluding carboxylic acids is 1. The molecule has 1 aromatic rings. The zero-order valence-corrected chi connectivity index (χ0v) is 5.91. The van der Waals surface area contributed by atoms with Crippen LogP contribution < -0.4 is 4.74 Å². The Balaban J connectivity index is 2.58. The molecule has 1 aromatic heterocycles. The summed E-state index contributed by atoms with van der Waals surface area (Å²) < 4.78 is 5.23. The van der Waals surface area contributed by atoms with Crippen LogP contribution in [0.5, 0.6) is 5.75 Å².